The molecule has 29 heavy (non-hydrogen) atoms. The highest BCUT2D eigenvalue weighted by Gasteiger charge is 2.50. The predicted octanol–water partition coefficient (Wildman–Crippen LogP) is 2.06. The van der Waals surface area contributed by atoms with Gasteiger partial charge in [-0.3, -0.25) is 4.99 Å². The van der Waals surface area contributed by atoms with E-state index in [4.69, 9.17) is 0 Å². The van der Waals surface area contributed by atoms with Crippen molar-refractivity contribution in [2.45, 2.75) is 38.1 Å². The number of alkyl halides is 3. The highest BCUT2D eigenvalue weighted by atomic mass is 127. The largest absolute Gasteiger partial charge is 0.511 e. The highest BCUT2D eigenvalue weighted by molar-refractivity contribution is 14.0. The quantitative estimate of drug-likeness (QED) is 0.286. The summed E-state index contributed by atoms with van der Waals surface area (Å²) in [5.41, 5.74) is -5.23. The molecule has 2 fully saturated rings. The standard InChI is InChI=1S/C17H32F3N5O2S.HI/c1-14(13-24-7-3-4-8-24)11-22-16(21-2)23-12-15-5-9-25(10-6-15)28(26,27)17(18,19)20;/h14-15H,3-13H2,1-2H3,(H2,21,22,23);1H. The van der Waals surface area contributed by atoms with Gasteiger partial charge in [-0.05, 0) is 50.6 Å². The van der Waals surface area contributed by atoms with Crippen molar-refractivity contribution in [3.8, 4) is 0 Å². The maximum atomic E-state index is 12.6. The molecule has 0 aromatic rings. The van der Waals surface area contributed by atoms with Crippen molar-refractivity contribution in [2.24, 2.45) is 16.8 Å². The van der Waals surface area contributed by atoms with E-state index in [2.05, 4.69) is 27.4 Å². The zero-order valence-corrected chi connectivity index (χ0v) is 20.2. The first kappa shape index (κ1) is 26.7. The second-order valence-electron chi connectivity index (χ2n) is 7.74. The van der Waals surface area contributed by atoms with Gasteiger partial charge in [0.2, 0.25) is 0 Å². The molecule has 7 nitrogen and oxygen atoms in total. The van der Waals surface area contributed by atoms with Gasteiger partial charge in [0.25, 0.3) is 0 Å². The second-order valence-corrected chi connectivity index (χ2v) is 9.67. The van der Waals surface area contributed by atoms with Crippen LogP contribution in [0.4, 0.5) is 13.2 Å². The van der Waals surface area contributed by atoms with E-state index in [1.165, 1.54) is 25.9 Å². The Hall–Kier alpha value is -0.340. The number of sulfonamides is 1. The molecule has 2 N–H and O–H groups in total. The molecule has 2 heterocycles. The molecule has 172 valence electrons. The monoisotopic (exact) mass is 555 g/mol. The number of aliphatic imine (C=N–C) groups is 1. The summed E-state index contributed by atoms with van der Waals surface area (Å²) < 4.78 is 61.3. The molecule has 1 unspecified atom stereocenters. The van der Waals surface area contributed by atoms with E-state index < -0.39 is 15.5 Å². The number of nitrogens with zero attached hydrogens (tertiary/aromatic N) is 3. The summed E-state index contributed by atoms with van der Waals surface area (Å²) in [4.78, 5) is 6.65. The molecule has 0 aliphatic carbocycles. The van der Waals surface area contributed by atoms with E-state index >= 15 is 0 Å². The minimum Gasteiger partial charge on any atom is -0.356 e. The average molecular weight is 555 g/mol. The Morgan fingerprint density at radius 2 is 1.72 bits per heavy atom. The van der Waals surface area contributed by atoms with Crippen LogP contribution in [0.2, 0.25) is 0 Å². The third-order valence-electron chi connectivity index (χ3n) is 5.37. The van der Waals surface area contributed by atoms with Gasteiger partial charge in [-0.1, -0.05) is 6.92 Å². The molecule has 2 rings (SSSR count). The van der Waals surface area contributed by atoms with Crippen LogP contribution in [-0.4, -0.2) is 82.0 Å². The maximum absolute atomic E-state index is 12.6. The van der Waals surface area contributed by atoms with Gasteiger partial charge in [-0.25, -0.2) is 8.42 Å². The fourth-order valence-corrected chi connectivity index (χ4v) is 4.69. The van der Waals surface area contributed by atoms with Crippen LogP contribution in [0.3, 0.4) is 0 Å². The summed E-state index contributed by atoms with van der Waals surface area (Å²) in [6.45, 7) is 6.71. The second kappa shape index (κ2) is 11.9. The van der Waals surface area contributed by atoms with E-state index in [-0.39, 0.29) is 43.0 Å². The third kappa shape index (κ3) is 8.02. The maximum Gasteiger partial charge on any atom is 0.511 e. The number of piperidine rings is 1. The Morgan fingerprint density at radius 1 is 1.14 bits per heavy atom. The summed E-state index contributed by atoms with van der Waals surface area (Å²) in [6.07, 6.45) is 3.33. The number of guanidine groups is 1. The first-order chi connectivity index (χ1) is 13.1. The van der Waals surface area contributed by atoms with Crippen LogP contribution in [-0.2, 0) is 10.0 Å². The lowest BCUT2D eigenvalue weighted by atomic mass is 9.98. The lowest BCUT2D eigenvalue weighted by Crippen LogP contribution is -2.47. The molecular formula is C17H33F3IN5O2S. The molecule has 1 atom stereocenters. The molecule has 0 saturated carbocycles. The van der Waals surface area contributed by atoms with Gasteiger partial charge in [-0.2, -0.15) is 17.5 Å². The highest BCUT2D eigenvalue weighted by Crippen LogP contribution is 2.30. The Kier molecular flexibility index (Phi) is 10.9. The lowest BCUT2D eigenvalue weighted by molar-refractivity contribution is -0.0496. The lowest BCUT2D eigenvalue weighted by Gasteiger charge is -2.31. The van der Waals surface area contributed by atoms with Crippen LogP contribution in [0.1, 0.15) is 32.6 Å². The van der Waals surface area contributed by atoms with Crippen molar-refractivity contribution in [3.63, 3.8) is 0 Å². The number of hydrogen-bond acceptors (Lipinski definition) is 4. The number of rotatable bonds is 7. The molecule has 2 saturated heterocycles. The molecule has 12 heteroatoms. The van der Waals surface area contributed by atoms with Crippen molar-refractivity contribution in [2.75, 3.05) is 52.9 Å². The van der Waals surface area contributed by atoms with Crippen LogP contribution >= 0.6 is 24.0 Å². The van der Waals surface area contributed by atoms with Crippen molar-refractivity contribution >= 4 is 40.0 Å². The van der Waals surface area contributed by atoms with Crippen molar-refractivity contribution in [1.29, 1.82) is 0 Å². The van der Waals surface area contributed by atoms with Gasteiger partial charge in [0.1, 0.15) is 0 Å². The molecule has 0 bridgehead atoms. The smallest absolute Gasteiger partial charge is 0.356 e. The Morgan fingerprint density at radius 3 is 2.24 bits per heavy atom. The summed E-state index contributed by atoms with van der Waals surface area (Å²) >= 11 is 0. The molecule has 0 amide bonds. The van der Waals surface area contributed by atoms with Gasteiger partial charge in [-0.15, -0.1) is 24.0 Å². The van der Waals surface area contributed by atoms with Crippen LogP contribution < -0.4 is 10.6 Å². The van der Waals surface area contributed by atoms with E-state index in [9.17, 15) is 21.6 Å². The van der Waals surface area contributed by atoms with E-state index in [1.54, 1.807) is 7.05 Å². The van der Waals surface area contributed by atoms with Gasteiger partial charge >= 0.3 is 15.5 Å². The molecular weight excluding hydrogens is 522 g/mol. The summed E-state index contributed by atoms with van der Waals surface area (Å²) in [6, 6.07) is 0. The van der Waals surface area contributed by atoms with Crippen LogP contribution in [0.15, 0.2) is 4.99 Å². The summed E-state index contributed by atoms with van der Waals surface area (Å²) in [7, 11) is -3.53. The van der Waals surface area contributed by atoms with Crippen LogP contribution in [0, 0.1) is 11.8 Å². The summed E-state index contributed by atoms with van der Waals surface area (Å²) in [5, 5.41) is 6.50. The van der Waals surface area contributed by atoms with Gasteiger partial charge in [0.05, 0.1) is 0 Å². The van der Waals surface area contributed by atoms with Gasteiger partial charge in [0, 0.05) is 39.8 Å². The number of likely N-dealkylation sites (tertiary alicyclic amines) is 1. The Labute approximate surface area is 188 Å². The molecule has 2 aliphatic heterocycles. The SMILES string of the molecule is CN=C(NCC(C)CN1CCCC1)NCC1CCN(S(=O)(=O)C(F)(F)F)CC1.I. The van der Waals surface area contributed by atoms with E-state index in [0.29, 0.717) is 35.6 Å². The first-order valence-corrected chi connectivity index (χ1v) is 11.3. The predicted molar refractivity (Wildman–Crippen MR) is 119 cm³/mol. The van der Waals surface area contributed by atoms with Gasteiger partial charge in [0.15, 0.2) is 5.96 Å². The topological polar surface area (TPSA) is 77.0 Å². The fourth-order valence-electron chi connectivity index (χ4n) is 3.70. The summed E-state index contributed by atoms with van der Waals surface area (Å²) in [5.74, 6) is 1.26. The number of halogens is 4. The Balaban J connectivity index is 0.00000420. The minimum atomic E-state index is -5.23. The number of hydrogen-bond donors (Lipinski definition) is 2. The molecule has 2 aliphatic rings. The molecule has 0 spiro atoms. The fraction of sp³-hybridized carbons (Fsp3) is 0.941. The molecule has 0 aromatic heterocycles. The van der Waals surface area contributed by atoms with Crippen molar-refractivity contribution < 1.29 is 21.6 Å². The van der Waals surface area contributed by atoms with Gasteiger partial charge < -0.3 is 15.5 Å². The van der Waals surface area contributed by atoms with Crippen LogP contribution in [0.25, 0.3) is 0 Å². The van der Waals surface area contributed by atoms with E-state index in [0.717, 1.165) is 13.1 Å². The molecule has 0 radical (unpaired) electrons. The van der Waals surface area contributed by atoms with E-state index in [1.807, 2.05) is 0 Å². The minimum absolute atomic E-state index is 0. The number of nitrogens with one attached hydrogen (secondary N) is 2. The zero-order valence-electron chi connectivity index (χ0n) is 17.0. The average Bonchev–Trinajstić information content (AvgIpc) is 3.14. The normalized spacial score (nSPS) is 21.6. The van der Waals surface area contributed by atoms with Crippen LogP contribution in [0.5, 0.6) is 0 Å². The first-order valence-electron chi connectivity index (χ1n) is 9.86. The van der Waals surface area contributed by atoms with Crippen molar-refractivity contribution in [1.82, 2.24) is 19.8 Å². The third-order valence-corrected chi connectivity index (χ3v) is 7.00. The zero-order chi connectivity index (χ0) is 20.8. The van der Waals surface area contributed by atoms with Crippen molar-refractivity contribution in [3.05, 3.63) is 0 Å². The Bertz CT molecular complexity index is 619. The molecule has 0 aromatic carbocycles.